The first-order valence-electron chi connectivity index (χ1n) is 9.44. The number of ether oxygens (including phenoxy) is 2. The zero-order chi connectivity index (χ0) is 18.6. The molecule has 3 N–H and O–H groups in total. The number of H-pyrrole nitrogens is 2. The van der Waals surface area contributed by atoms with Crippen LogP contribution in [0.4, 0.5) is 11.6 Å². The van der Waals surface area contributed by atoms with Gasteiger partial charge in [-0.3, -0.25) is 10.2 Å². The second-order valence-electron chi connectivity index (χ2n) is 6.39. The zero-order valence-electron chi connectivity index (χ0n) is 15.6. The maximum atomic E-state index is 5.69. The fourth-order valence-corrected chi connectivity index (χ4v) is 3.37. The minimum Gasteiger partial charge on any atom is -0.494 e. The summed E-state index contributed by atoms with van der Waals surface area (Å²) in [6.07, 6.45) is 4.45. The van der Waals surface area contributed by atoms with Gasteiger partial charge in [0.1, 0.15) is 17.2 Å². The molecule has 0 bridgehead atoms. The molecule has 0 saturated carbocycles. The average Bonchev–Trinajstić information content (AvgIpc) is 3.31. The van der Waals surface area contributed by atoms with E-state index in [0.29, 0.717) is 25.0 Å². The summed E-state index contributed by atoms with van der Waals surface area (Å²) in [5, 5.41) is 18.1. The summed E-state index contributed by atoms with van der Waals surface area (Å²) in [5.74, 6) is 2.62. The lowest BCUT2D eigenvalue weighted by atomic mass is 9.96. The molecule has 2 aromatic heterocycles. The second-order valence-corrected chi connectivity index (χ2v) is 6.39. The Morgan fingerprint density at radius 2 is 1.89 bits per heavy atom. The van der Waals surface area contributed by atoms with Crippen molar-refractivity contribution >= 4 is 11.6 Å². The van der Waals surface area contributed by atoms with Gasteiger partial charge >= 0.3 is 0 Å². The number of benzene rings is 1. The van der Waals surface area contributed by atoms with Crippen LogP contribution in [0.25, 0.3) is 11.5 Å². The second kappa shape index (κ2) is 7.69. The van der Waals surface area contributed by atoms with Gasteiger partial charge in [-0.15, -0.1) is 5.10 Å². The lowest BCUT2D eigenvalue weighted by Crippen LogP contribution is -2.01. The molecule has 0 fully saturated rings. The third-order valence-electron chi connectivity index (χ3n) is 4.57. The first-order valence-corrected chi connectivity index (χ1v) is 9.44. The monoisotopic (exact) mass is 368 g/mol. The van der Waals surface area contributed by atoms with Crippen molar-refractivity contribution in [2.75, 3.05) is 18.5 Å². The van der Waals surface area contributed by atoms with Crippen molar-refractivity contribution in [1.82, 2.24) is 25.4 Å². The highest BCUT2D eigenvalue weighted by molar-refractivity contribution is 5.66. The lowest BCUT2D eigenvalue weighted by Gasteiger charge is -2.12. The number of aromatic nitrogens is 5. The van der Waals surface area contributed by atoms with E-state index in [4.69, 9.17) is 9.47 Å². The summed E-state index contributed by atoms with van der Waals surface area (Å²) in [4.78, 5) is 4.58. The molecule has 4 rings (SSSR count). The lowest BCUT2D eigenvalue weighted by molar-refractivity contribution is 0.332. The fourth-order valence-electron chi connectivity index (χ4n) is 3.37. The van der Waals surface area contributed by atoms with Gasteiger partial charge < -0.3 is 14.8 Å². The largest absolute Gasteiger partial charge is 0.494 e. The summed E-state index contributed by atoms with van der Waals surface area (Å²) >= 11 is 0. The van der Waals surface area contributed by atoms with E-state index in [-0.39, 0.29) is 0 Å². The summed E-state index contributed by atoms with van der Waals surface area (Å²) in [6, 6.07) is 5.66. The van der Waals surface area contributed by atoms with Gasteiger partial charge in [-0.25, -0.2) is 0 Å². The molecule has 0 atom stereocenters. The number of hydrogen-bond donors (Lipinski definition) is 3. The Labute approximate surface area is 157 Å². The van der Waals surface area contributed by atoms with E-state index < -0.39 is 0 Å². The zero-order valence-corrected chi connectivity index (χ0v) is 15.6. The Bertz CT molecular complexity index is 917. The first kappa shape index (κ1) is 17.4. The Hall–Kier alpha value is -3.03. The first-order chi connectivity index (χ1) is 13.3. The molecule has 1 aromatic carbocycles. The van der Waals surface area contributed by atoms with Crippen LogP contribution in [-0.2, 0) is 12.8 Å². The quantitative estimate of drug-likeness (QED) is 0.589. The van der Waals surface area contributed by atoms with Crippen LogP contribution in [-0.4, -0.2) is 38.6 Å². The molecule has 27 heavy (non-hydrogen) atoms. The fraction of sp³-hybridized carbons (Fsp3) is 0.421. The summed E-state index contributed by atoms with van der Waals surface area (Å²) in [6.45, 7) is 5.07. The van der Waals surface area contributed by atoms with Crippen molar-refractivity contribution in [3.05, 3.63) is 29.5 Å². The predicted octanol–water partition coefficient (Wildman–Crippen LogP) is 3.61. The molecule has 0 aliphatic heterocycles. The normalized spacial score (nSPS) is 13.3. The van der Waals surface area contributed by atoms with Gasteiger partial charge in [-0.2, -0.15) is 10.1 Å². The van der Waals surface area contributed by atoms with Crippen LogP contribution in [0.1, 0.15) is 37.9 Å². The number of nitrogens with one attached hydrogen (secondary N) is 3. The Balaban J connectivity index is 1.59. The predicted molar refractivity (Wildman–Crippen MR) is 103 cm³/mol. The van der Waals surface area contributed by atoms with E-state index in [2.05, 4.69) is 30.7 Å². The van der Waals surface area contributed by atoms with Crippen LogP contribution in [0.5, 0.6) is 11.5 Å². The van der Waals surface area contributed by atoms with Crippen LogP contribution in [0.3, 0.4) is 0 Å². The highest BCUT2D eigenvalue weighted by Gasteiger charge is 2.20. The van der Waals surface area contributed by atoms with Gasteiger partial charge in [0.25, 0.3) is 0 Å². The maximum absolute atomic E-state index is 5.69. The molecule has 3 aromatic rings. The van der Waals surface area contributed by atoms with Gasteiger partial charge in [0.05, 0.1) is 18.9 Å². The van der Waals surface area contributed by atoms with Gasteiger partial charge in [0.2, 0.25) is 5.95 Å². The number of fused-ring (bicyclic) bond motifs is 1. The molecular formula is C19H24N6O2. The van der Waals surface area contributed by atoms with Crippen LogP contribution in [0.15, 0.2) is 18.2 Å². The molecule has 0 spiro atoms. The van der Waals surface area contributed by atoms with E-state index in [0.717, 1.165) is 35.7 Å². The van der Waals surface area contributed by atoms with Crippen LogP contribution < -0.4 is 14.8 Å². The Kier molecular flexibility index (Phi) is 4.95. The molecule has 0 amide bonds. The van der Waals surface area contributed by atoms with Crippen molar-refractivity contribution in [3.8, 4) is 23.0 Å². The topological polar surface area (TPSA) is 101 Å². The van der Waals surface area contributed by atoms with E-state index in [1.54, 1.807) is 0 Å². The number of anilines is 2. The number of aryl methyl sites for hydroxylation is 1. The third kappa shape index (κ3) is 3.60. The molecule has 0 saturated heterocycles. The molecule has 1 aliphatic rings. The van der Waals surface area contributed by atoms with E-state index in [9.17, 15) is 0 Å². The molecule has 1 aliphatic carbocycles. The van der Waals surface area contributed by atoms with Crippen molar-refractivity contribution < 1.29 is 9.47 Å². The maximum Gasteiger partial charge on any atom is 0.247 e. The standard InChI is InChI=1S/C19H24N6O2/c1-3-26-12-9-10-16(27-4-2)15(11-12)20-19-21-18(24-25-19)17-13-7-5-6-8-14(13)22-23-17/h9-11H,3-8H2,1-2H3,(H,22,23)(H2,20,21,24,25). The van der Waals surface area contributed by atoms with Crippen LogP contribution >= 0.6 is 0 Å². The van der Waals surface area contributed by atoms with E-state index in [1.165, 1.54) is 24.1 Å². The molecule has 0 radical (unpaired) electrons. The Morgan fingerprint density at radius 1 is 1.04 bits per heavy atom. The SMILES string of the molecule is CCOc1ccc(OCC)c(Nc2n[nH]c(-c3n[nH]c4c3CCCC4)n2)c1. The summed E-state index contributed by atoms with van der Waals surface area (Å²) < 4.78 is 11.3. The van der Waals surface area contributed by atoms with Crippen molar-refractivity contribution in [1.29, 1.82) is 0 Å². The highest BCUT2D eigenvalue weighted by atomic mass is 16.5. The number of aromatic amines is 2. The van der Waals surface area contributed by atoms with Crippen LogP contribution in [0, 0.1) is 0 Å². The Morgan fingerprint density at radius 3 is 2.74 bits per heavy atom. The average molecular weight is 368 g/mol. The van der Waals surface area contributed by atoms with Crippen molar-refractivity contribution in [2.24, 2.45) is 0 Å². The van der Waals surface area contributed by atoms with Gasteiger partial charge in [0.15, 0.2) is 5.82 Å². The molecule has 0 unspecified atom stereocenters. The summed E-state index contributed by atoms with van der Waals surface area (Å²) in [5.41, 5.74) is 4.08. The van der Waals surface area contributed by atoms with E-state index >= 15 is 0 Å². The molecule has 8 nitrogen and oxygen atoms in total. The molecule has 142 valence electrons. The van der Waals surface area contributed by atoms with Crippen LogP contribution in [0.2, 0.25) is 0 Å². The minimum absolute atomic E-state index is 0.465. The number of rotatable bonds is 7. The molecule has 8 heteroatoms. The van der Waals surface area contributed by atoms with Gasteiger partial charge in [-0.05, 0) is 51.7 Å². The van der Waals surface area contributed by atoms with Gasteiger partial charge in [0, 0.05) is 17.3 Å². The highest BCUT2D eigenvalue weighted by Crippen LogP contribution is 2.32. The molecule has 2 heterocycles. The summed E-state index contributed by atoms with van der Waals surface area (Å²) in [7, 11) is 0. The number of hydrogen-bond acceptors (Lipinski definition) is 6. The number of nitrogens with zero attached hydrogens (tertiary/aromatic N) is 3. The third-order valence-corrected chi connectivity index (χ3v) is 4.57. The van der Waals surface area contributed by atoms with Crippen molar-refractivity contribution in [3.63, 3.8) is 0 Å². The smallest absolute Gasteiger partial charge is 0.247 e. The minimum atomic E-state index is 0.465. The van der Waals surface area contributed by atoms with Crippen molar-refractivity contribution in [2.45, 2.75) is 39.5 Å². The van der Waals surface area contributed by atoms with E-state index in [1.807, 2.05) is 32.0 Å². The van der Waals surface area contributed by atoms with Gasteiger partial charge in [-0.1, -0.05) is 0 Å². The molecular weight excluding hydrogens is 344 g/mol.